The number of pyridine rings is 1. The third-order valence-corrected chi connectivity index (χ3v) is 6.45. The fourth-order valence-electron chi connectivity index (χ4n) is 4.71. The Morgan fingerprint density at radius 1 is 1.15 bits per heavy atom. The number of amides is 2. The quantitative estimate of drug-likeness (QED) is 0.636. The van der Waals surface area contributed by atoms with Crippen LogP contribution in [-0.2, 0) is 19.5 Å². The first-order valence-electron chi connectivity index (χ1n) is 11.3. The fourth-order valence-corrected chi connectivity index (χ4v) is 4.71. The van der Waals surface area contributed by atoms with E-state index in [1.54, 1.807) is 17.3 Å². The van der Waals surface area contributed by atoms with Crippen molar-refractivity contribution in [2.75, 3.05) is 19.6 Å². The first kappa shape index (κ1) is 21.5. The molecule has 7 nitrogen and oxygen atoms in total. The van der Waals surface area contributed by atoms with E-state index in [4.69, 9.17) is 0 Å². The van der Waals surface area contributed by atoms with Crippen LogP contribution >= 0.6 is 0 Å². The summed E-state index contributed by atoms with van der Waals surface area (Å²) in [6.45, 7) is 2.59. The number of aromatic nitrogens is 3. The van der Waals surface area contributed by atoms with Gasteiger partial charge in [-0.25, -0.2) is 13.6 Å². The number of carbonyl (C=O) groups is 1. The van der Waals surface area contributed by atoms with E-state index in [1.165, 1.54) is 18.2 Å². The Labute approximate surface area is 190 Å². The molecule has 4 heterocycles. The largest absolute Gasteiger partial charge is 0.334 e. The van der Waals surface area contributed by atoms with Gasteiger partial charge in [-0.05, 0) is 43.7 Å². The molecule has 2 aromatic heterocycles. The molecule has 2 aliphatic heterocycles. The lowest BCUT2D eigenvalue weighted by Crippen LogP contribution is -2.52. The molecule has 0 saturated carbocycles. The third-order valence-electron chi connectivity index (χ3n) is 6.45. The van der Waals surface area contributed by atoms with E-state index in [-0.39, 0.29) is 24.2 Å². The molecule has 172 valence electrons. The van der Waals surface area contributed by atoms with Crippen LogP contribution in [0.2, 0.25) is 0 Å². The predicted octanol–water partition coefficient (Wildman–Crippen LogP) is 3.48. The molecular weight excluding hydrogens is 426 g/mol. The third kappa shape index (κ3) is 4.59. The summed E-state index contributed by atoms with van der Waals surface area (Å²) in [5, 5.41) is 10.7. The van der Waals surface area contributed by atoms with Gasteiger partial charge in [0.1, 0.15) is 11.6 Å². The van der Waals surface area contributed by atoms with Crippen molar-refractivity contribution in [3.05, 3.63) is 71.2 Å². The summed E-state index contributed by atoms with van der Waals surface area (Å²) in [7, 11) is 0. The second kappa shape index (κ2) is 9.27. The lowest BCUT2D eigenvalue weighted by atomic mass is 10.0. The van der Waals surface area contributed by atoms with Crippen molar-refractivity contribution in [2.45, 2.75) is 38.4 Å². The van der Waals surface area contributed by atoms with E-state index in [1.807, 2.05) is 17.0 Å². The van der Waals surface area contributed by atoms with Crippen molar-refractivity contribution in [3.8, 4) is 11.3 Å². The molecule has 2 amide bonds. The van der Waals surface area contributed by atoms with E-state index in [0.29, 0.717) is 26.1 Å². The number of halogens is 2. The number of rotatable bonds is 4. The molecule has 3 aromatic rings. The van der Waals surface area contributed by atoms with Crippen molar-refractivity contribution in [1.82, 2.24) is 30.3 Å². The Morgan fingerprint density at radius 2 is 1.94 bits per heavy atom. The highest BCUT2D eigenvalue weighted by molar-refractivity contribution is 5.75. The van der Waals surface area contributed by atoms with E-state index >= 15 is 0 Å². The van der Waals surface area contributed by atoms with Crippen molar-refractivity contribution in [1.29, 1.82) is 0 Å². The summed E-state index contributed by atoms with van der Waals surface area (Å²) in [6.07, 6.45) is 5.87. The van der Waals surface area contributed by atoms with Crippen LogP contribution in [0, 0.1) is 11.6 Å². The molecule has 1 aromatic carbocycles. The molecule has 0 bridgehead atoms. The zero-order chi connectivity index (χ0) is 22.8. The van der Waals surface area contributed by atoms with Gasteiger partial charge >= 0.3 is 6.03 Å². The SMILES string of the molecule is O=C(N[C@@H]1CCCN(Cc2c(F)cccc2F)C1)N1CCc2[nH]nc(-c3ccncc3)c2C1. The molecule has 1 atom stereocenters. The number of piperidine rings is 1. The van der Waals surface area contributed by atoms with Gasteiger partial charge in [0.2, 0.25) is 0 Å². The predicted molar refractivity (Wildman–Crippen MR) is 119 cm³/mol. The second-order valence-electron chi connectivity index (χ2n) is 8.66. The lowest BCUT2D eigenvalue weighted by Gasteiger charge is -2.35. The van der Waals surface area contributed by atoms with E-state index in [2.05, 4.69) is 20.5 Å². The number of benzene rings is 1. The van der Waals surface area contributed by atoms with Crippen LogP contribution in [0.5, 0.6) is 0 Å². The van der Waals surface area contributed by atoms with Crippen LogP contribution < -0.4 is 5.32 Å². The highest BCUT2D eigenvalue weighted by Crippen LogP contribution is 2.28. The average molecular weight is 453 g/mol. The number of carbonyl (C=O) groups excluding carboxylic acids is 1. The molecule has 33 heavy (non-hydrogen) atoms. The van der Waals surface area contributed by atoms with E-state index in [0.717, 1.165) is 41.9 Å². The zero-order valence-corrected chi connectivity index (χ0v) is 18.2. The molecule has 5 rings (SSSR count). The molecule has 1 fully saturated rings. The lowest BCUT2D eigenvalue weighted by molar-refractivity contribution is 0.158. The Hall–Kier alpha value is -3.33. The molecule has 0 aliphatic carbocycles. The first-order valence-corrected chi connectivity index (χ1v) is 11.3. The molecule has 2 N–H and O–H groups in total. The van der Waals surface area contributed by atoms with Crippen molar-refractivity contribution in [3.63, 3.8) is 0 Å². The van der Waals surface area contributed by atoms with Gasteiger partial charge in [-0.1, -0.05) is 6.07 Å². The standard InChI is InChI=1S/C24H26F2N6O/c25-20-4-1-5-21(26)18(20)14-31-11-2-3-17(13-31)28-24(33)32-12-8-22-19(15-32)23(30-29-22)16-6-9-27-10-7-16/h1,4-7,9-10,17H,2-3,8,11-15H2,(H,28,33)(H,29,30)/t17-/m1/s1. The molecule has 2 aliphatic rings. The molecule has 9 heteroatoms. The number of hydrogen-bond donors (Lipinski definition) is 2. The van der Waals surface area contributed by atoms with Gasteiger partial charge in [0.15, 0.2) is 0 Å². The van der Waals surface area contributed by atoms with Crippen LogP contribution in [0.1, 0.15) is 29.7 Å². The molecule has 0 radical (unpaired) electrons. The van der Waals surface area contributed by atoms with Gasteiger partial charge in [0, 0.05) is 66.9 Å². The van der Waals surface area contributed by atoms with Gasteiger partial charge in [-0.15, -0.1) is 0 Å². The van der Waals surface area contributed by atoms with Gasteiger partial charge in [0.25, 0.3) is 0 Å². The summed E-state index contributed by atoms with van der Waals surface area (Å²) in [5.41, 5.74) is 3.98. The number of nitrogens with zero attached hydrogens (tertiary/aromatic N) is 4. The fraction of sp³-hybridized carbons (Fsp3) is 0.375. The Morgan fingerprint density at radius 3 is 2.73 bits per heavy atom. The summed E-state index contributed by atoms with van der Waals surface area (Å²) in [4.78, 5) is 20.9. The van der Waals surface area contributed by atoms with Crippen LogP contribution in [0.15, 0.2) is 42.7 Å². The van der Waals surface area contributed by atoms with Crippen molar-refractivity contribution < 1.29 is 13.6 Å². The average Bonchev–Trinajstić information content (AvgIpc) is 3.26. The van der Waals surface area contributed by atoms with Crippen LogP contribution in [0.4, 0.5) is 13.6 Å². The number of nitrogens with one attached hydrogen (secondary N) is 2. The number of hydrogen-bond acceptors (Lipinski definition) is 4. The van der Waals surface area contributed by atoms with Gasteiger partial charge in [-0.2, -0.15) is 5.10 Å². The minimum atomic E-state index is -0.532. The maximum Gasteiger partial charge on any atom is 0.317 e. The van der Waals surface area contributed by atoms with Gasteiger partial charge in [-0.3, -0.25) is 15.0 Å². The first-order chi connectivity index (χ1) is 16.1. The van der Waals surface area contributed by atoms with Gasteiger partial charge < -0.3 is 10.2 Å². The minimum absolute atomic E-state index is 0.0634. The number of fused-ring (bicyclic) bond motifs is 1. The molecular formula is C24H26F2N6O. The minimum Gasteiger partial charge on any atom is -0.334 e. The number of likely N-dealkylation sites (tertiary alicyclic amines) is 1. The zero-order valence-electron chi connectivity index (χ0n) is 18.2. The normalized spacial score (nSPS) is 18.7. The highest BCUT2D eigenvalue weighted by atomic mass is 19.1. The smallest absolute Gasteiger partial charge is 0.317 e. The maximum atomic E-state index is 14.1. The van der Waals surface area contributed by atoms with E-state index < -0.39 is 11.6 Å². The van der Waals surface area contributed by atoms with Crippen molar-refractivity contribution in [2.24, 2.45) is 0 Å². The van der Waals surface area contributed by atoms with Crippen LogP contribution in [-0.4, -0.2) is 56.7 Å². The number of H-pyrrole nitrogens is 1. The number of urea groups is 1. The van der Waals surface area contributed by atoms with Crippen LogP contribution in [0.25, 0.3) is 11.3 Å². The Kier molecular flexibility index (Phi) is 6.04. The van der Waals surface area contributed by atoms with E-state index in [9.17, 15) is 13.6 Å². The number of aromatic amines is 1. The molecule has 0 spiro atoms. The molecule has 0 unspecified atom stereocenters. The van der Waals surface area contributed by atoms with Crippen molar-refractivity contribution >= 4 is 6.03 Å². The molecule has 1 saturated heterocycles. The monoisotopic (exact) mass is 452 g/mol. The summed E-state index contributed by atoms with van der Waals surface area (Å²) in [5.74, 6) is -1.06. The van der Waals surface area contributed by atoms with Gasteiger partial charge in [0.05, 0.1) is 12.2 Å². The highest BCUT2D eigenvalue weighted by Gasteiger charge is 2.29. The Balaban J connectivity index is 1.22. The topological polar surface area (TPSA) is 77.2 Å². The second-order valence-corrected chi connectivity index (χ2v) is 8.66. The summed E-state index contributed by atoms with van der Waals surface area (Å²) in [6, 6.07) is 7.56. The Bertz CT molecular complexity index is 1110. The van der Waals surface area contributed by atoms with Crippen LogP contribution in [0.3, 0.4) is 0 Å². The maximum absolute atomic E-state index is 14.1. The summed E-state index contributed by atoms with van der Waals surface area (Å²) >= 11 is 0. The summed E-state index contributed by atoms with van der Waals surface area (Å²) < 4.78 is 28.1.